The minimum absolute atomic E-state index is 0.0155. The molecule has 3 N–H and O–H groups in total. The molecule has 2 rings (SSSR count). The zero-order chi connectivity index (χ0) is 13.9. The first kappa shape index (κ1) is 13.3. The van der Waals surface area contributed by atoms with Gasteiger partial charge in [0.15, 0.2) is 5.84 Å². The van der Waals surface area contributed by atoms with Crippen molar-refractivity contribution in [1.29, 1.82) is 0 Å². The summed E-state index contributed by atoms with van der Waals surface area (Å²) in [5.41, 5.74) is 5.82. The van der Waals surface area contributed by atoms with E-state index < -0.39 is 5.41 Å². The average molecular weight is 262 g/mol. The SMILES string of the molecule is CN(Cc1cccnc1)C(=O)C1(/C(N)=N/O)CCC1. The number of carbonyl (C=O) groups is 1. The molecule has 6 nitrogen and oxygen atoms in total. The number of hydrogen-bond donors (Lipinski definition) is 2. The Morgan fingerprint density at radius 1 is 1.63 bits per heavy atom. The lowest BCUT2D eigenvalue weighted by molar-refractivity contribution is -0.141. The van der Waals surface area contributed by atoms with Gasteiger partial charge in [-0.3, -0.25) is 9.78 Å². The summed E-state index contributed by atoms with van der Waals surface area (Å²) in [6, 6.07) is 3.74. The van der Waals surface area contributed by atoms with Crippen molar-refractivity contribution >= 4 is 11.7 Å². The molecule has 0 spiro atoms. The summed E-state index contributed by atoms with van der Waals surface area (Å²) in [7, 11) is 1.72. The van der Waals surface area contributed by atoms with Gasteiger partial charge in [-0.25, -0.2) is 0 Å². The Morgan fingerprint density at radius 3 is 2.84 bits per heavy atom. The Labute approximate surface area is 111 Å². The molecule has 1 aliphatic carbocycles. The first-order chi connectivity index (χ1) is 9.10. The Balaban J connectivity index is 2.11. The van der Waals surface area contributed by atoms with Gasteiger partial charge in [0.2, 0.25) is 5.91 Å². The normalized spacial score (nSPS) is 17.6. The molecule has 0 atom stereocenters. The number of aromatic nitrogens is 1. The largest absolute Gasteiger partial charge is 0.409 e. The molecule has 1 aromatic rings. The van der Waals surface area contributed by atoms with E-state index >= 15 is 0 Å². The Kier molecular flexibility index (Phi) is 3.69. The second-order valence-corrected chi connectivity index (χ2v) is 4.94. The van der Waals surface area contributed by atoms with Crippen LogP contribution in [0.4, 0.5) is 0 Å². The van der Waals surface area contributed by atoms with Crippen LogP contribution in [0, 0.1) is 5.41 Å². The summed E-state index contributed by atoms with van der Waals surface area (Å²) >= 11 is 0. The zero-order valence-corrected chi connectivity index (χ0v) is 10.9. The van der Waals surface area contributed by atoms with Gasteiger partial charge < -0.3 is 15.8 Å². The molecule has 1 aliphatic rings. The minimum Gasteiger partial charge on any atom is -0.409 e. The third-order valence-electron chi connectivity index (χ3n) is 3.70. The molecule has 1 fully saturated rings. The van der Waals surface area contributed by atoms with Crippen molar-refractivity contribution in [2.75, 3.05) is 7.05 Å². The molecule has 102 valence electrons. The predicted molar refractivity (Wildman–Crippen MR) is 70.4 cm³/mol. The number of nitrogens with two attached hydrogens (primary N) is 1. The molecular formula is C13H18N4O2. The Bertz CT molecular complexity index is 483. The van der Waals surface area contributed by atoms with E-state index in [0.717, 1.165) is 12.0 Å². The van der Waals surface area contributed by atoms with Gasteiger partial charge in [-0.15, -0.1) is 0 Å². The van der Waals surface area contributed by atoms with Crippen molar-refractivity contribution in [3.63, 3.8) is 0 Å². The van der Waals surface area contributed by atoms with Crippen molar-refractivity contribution in [2.24, 2.45) is 16.3 Å². The highest BCUT2D eigenvalue weighted by Crippen LogP contribution is 2.42. The lowest BCUT2D eigenvalue weighted by Crippen LogP contribution is -2.54. The van der Waals surface area contributed by atoms with E-state index in [-0.39, 0.29) is 11.7 Å². The van der Waals surface area contributed by atoms with Crippen molar-refractivity contribution < 1.29 is 10.0 Å². The van der Waals surface area contributed by atoms with Crippen LogP contribution in [0.15, 0.2) is 29.7 Å². The summed E-state index contributed by atoms with van der Waals surface area (Å²) in [6.07, 6.45) is 5.61. The first-order valence-corrected chi connectivity index (χ1v) is 6.22. The summed E-state index contributed by atoms with van der Waals surface area (Å²) in [6.45, 7) is 0.465. The maximum Gasteiger partial charge on any atom is 0.236 e. The van der Waals surface area contributed by atoms with Gasteiger partial charge >= 0.3 is 0 Å². The molecule has 1 heterocycles. The fraction of sp³-hybridized carbons (Fsp3) is 0.462. The van der Waals surface area contributed by atoms with Crippen LogP contribution >= 0.6 is 0 Å². The van der Waals surface area contributed by atoms with Crippen molar-refractivity contribution in [2.45, 2.75) is 25.8 Å². The number of oxime groups is 1. The lowest BCUT2D eigenvalue weighted by Gasteiger charge is -2.41. The Morgan fingerprint density at radius 2 is 2.37 bits per heavy atom. The molecule has 0 saturated heterocycles. The van der Waals surface area contributed by atoms with Gasteiger partial charge in [-0.1, -0.05) is 17.6 Å². The van der Waals surface area contributed by atoms with Crippen LogP contribution < -0.4 is 5.73 Å². The van der Waals surface area contributed by atoms with E-state index in [0.29, 0.717) is 19.4 Å². The van der Waals surface area contributed by atoms with Gasteiger partial charge in [-0.05, 0) is 24.5 Å². The predicted octanol–water partition coefficient (Wildman–Crippen LogP) is 0.957. The third-order valence-corrected chi connectivity index (χ3v) is 3.70. The molecule has 1 saturated carbocycles. The number of amides is 1. The maximum absolute atomic E-state index is 12.5. The van der Waals surface area contributed by atoms with E-state index in [1.807, 2.05) is 12.1 Å². The number of carbonyl (C=O) groups excluding carboxylic acids is 1. The van der Waals surface area contributed by atoms with E-state index in [2.05, 4.69) is 10.1 Å². The number of hydrogen-bond acceptors (Lipinski definition) is 4. The molecule has 0 unspecified atom stereocenters. The molecule has 0 radical (unpaired) electrons. The smallest absolute Gasteiger partial charge is 0.236 e. The van der Waals surface area contributed by atoms with E-state index in [4.69, 9.17) is 10.9 Å². The number of rotatable bonds is 4. The molecule has 1 amide bonds. The average Bonchev–Trinajstić information content (AvgIpc) is 2.38. The standard InChI is InChI=1S/C13H18N4O2/c1-17(9-10-4-2-7-15-8-10)12(18)13(5-3-6-13)11(14)16-19/h2,4,7-8,19H,3,5-6,9H2,1H3,(H2,14,16). The number of amidine groups is 1. The van der Waals surface area contributed by atoms with Crippen LogP contribution in [0.2, 0.25) is 0 Å². The van der Waals surface area contributed by atoms with Gasteiger partial charge in [0, 0.05) is 26.0 Å². The quantitative estimate of drug-likeness (QED) is 0.366. The van der Waals surface area contributed by atoms with Crippen molar-refractivity contribution in [3.05, 3.63) is 30.1 Å². The summed E-state index contributed by atoms with van der Waals surface area (Å²) in [5.74, 6) is -0.0836. The molecule has 19 heavy (non-hydrogen) atoms. The van der Waals surface area contributed by atoms with E-state index in [9.17, 15) is 4.79 Å². The van der Waals surface area contributed by atoms with E-state index in [1.165, 1.54) is 0 Å². The van der Waals surface area contributed by atoms with Gasteiger partial charge in [0.25, 0.3) is 0 Å². The molecular weight excluding hydrogens is 244 g/mol. The second kappa shape index (κ2) is 5.26. The van der Waals surface area contributed by atoms with Crippen molar-refractivity contribution in [3.8, 4) is 0 Å². The van der Waals surface area contributed by atoms with Gasteiger partial charge in [0.1, 0.15) is 5.41 Å². The highest BCUT2D eigenvalue weighted by molar-refractivity contribution is 6.07. The molecule has 6 heteroatoms. The Hall–Kier alpha value is -2.11. The summed E-state index contributed by atoms with van der Waals surface area (Å²) in [5, 5.41) is 11.9. The van der Waals surface area contributed by atoms with Crippen LogP contribution in [0.25, 0.3) is 0 Å². The minimum atomic E-state index is -0.814. The maximum atomic E-state index is 12.5. The van der Waals surface area contributed by atoms with Gasteiger partial charge in [0.05, 0.1) is 0 Å². The molecule has 0 aliphatic heterocycles. The summed E-state index contributed by atoms with van der Waals surface area (Å²) < 4.78 is 0. The third kappa shape index (κ3) is 2.38. The van der Waals surface area contributed by atoms with Crippen LogP contribution in [-0.2, 0) is 11.3 Å². The highest BCUT2D eigenvalue weighted by Gasteiger charge is 2.49. The zero-order valence-electron chi connectivity index (χ0n) is 10.9. The van der Waals surface area contributed by atoms with Gasteiger partial charge in [-0.2, -0.15) is 0 Å². The molecule has 0 aromatic carbocycles. The van der Waals surface area contributed by atoms with Crippen LogP contribution in [-0.4, -0.2) is 33.9 Å². The molecule has 0 bridgehead atoms. The molecule has 1 aromatic heterocycles. The number of nitrogens with zero attached hydrogens (tertiary/aromatic N) is 3. The first-order valence-electron chi connectivity index (χ1n) is 6.22. The van der Waals surface area contributed by atoms with Crippen LogP contribution in [0.3, 0.4) is 0 Å². The van der Waals surface area contributed by atoms with Crippen LogP contribution in [0.1, 0.15) is 24.8 Å². The topological polar surface area (TPSA) is 91.8 Å². The monoisotopic (exact) mass is 262 g/mol. The van der Waals surface area contributed by atoms with Crippen LogP contribution in [0.5, 0.6) is 0 Å². The number of pyridine rings is 1. The summed E-state index contributed by atoms with van der Waals surface area (Å²) in [4.78, 5) is 18.1. The van der Waals surface area contributed by atoms with E-state index in [1.54, 1.807) is 24.3 Å². The lowest BCUT2D eigenvalue weighted by atomic mass is 9.67. The highest BCUT2D eigenvalue weighted by atomic mass is 16.4. The van der Waals surface area contributed by atoms with Crippen molar-refractivity contribution in [1.82, 2.24) is 9.88 Å². The fourth-order valence-electron chi connectivity index (χ4n) is 2.41. The second-order valence-electron chi connectivity index (χ2n) is 4.94. The fourth-order valence-corrected chi connectivity index (χ4v) is 2.41.